The first-order valence-electron chi connectivity index (χ1n) is 9.00. The minimum Gasteiger partial charge on any atom is -0.476 e. The second-order valence-corrected chi connectivity index (χ2v) is 6.84. The van der Waals surface area contributed by atoms with Crippen molar-refractivity contribution < 1.29 is 9.90 Å². The number of piperidine rings is 1. The molecule has 1 fully saturated rings. The standard InChI is InChI=1S/C21H21N3O2/c25-21(26)19-17-8-4-5-9-18(17)20(23-22-19)24-12-10-16(11-13-24)14-15-6-2-1-3-7-15/h1-9,16H,10-14H2,(H,25,26). The lowest BCUT2D eigenvalue weighted by Crippen LogP contribution is -2.35. The number of rotatable bonds is 4. The predicted molar refractivity (Wildman–Crippen MR) is 102 cm³/mol. The fraction of sp³-hybridized carbons (Fsp3) is 0.286. The van der Waals surface area contributed by atoms with E-state index in [0.29, 0.717) is 11.3 Å². The van der Waals surface area contributed by atoms with Gasteiger partial charge >= 0.3 is 5.97 Å². The van der Waals surface area contributed by atoms with E-state index in [1.165, 1.54) is 5.56 Å². The number of benzene rings is 2. The maximum Gasteiger partial charge on any atom is 0.357 e. The topological polar surface area (TPSA) is 66.3 Å². The molecule has 0 radical (unpaired) electrons. The molecule has 0 bridgehead atoms. The minimum atomic E-state index is -1.04. The average molecular weight is 347 g/mol. The summed E-state index contributed by atoms with van der Waals surface area (Å²) in [6.07, 6.45) is 3.32. The van der Waals surface area contributed by atoms with Crippen LogP contribution in [-0.2, 0) is 6.42 Å². The summed E-state index contributed by atoms with van der Waals surface area (Å²) in [7, 11) is 0. The number of anilines is 1. The van der Waals surface area contributed by atoms with Crippen LogP contribution in [0.1, 0.15) is 28.9 Å². The van der Waals surface area contributed by atoms with E-state index in [2.05, 4.69) is 45.4 Å². The molecule has 1 saturated heterocycles. The van der Waals surface area contributed by atoms with Gasteiger partial charge in [-0.15, -0.1) is 10.2 Å². The number of hydrogen-bond donors (Lipinski definition) is 1. The Bertz CT molecular complexity index is 919. The van der Waals surface area contributed by atoms with Gasteiger partial charge in [-0.25, -0.2) is 4.79 Å². The maximum atomic E-state index is 11.4. The number of carboxylic acids is 1. The molecule has 2 aromatic carbocycles. The van der Waals surface area contributed by atoms with Gasteiger partial charge in [0.15, 0.2) is 11.5 Å². The van der Waals surface area contributed by atoms with Crippen LogP contribution in [0.2, 0.25) is 0 Å². The van der Waals surface area contributed by atoms with E-state index in [9.17, 15) is 9.90 Å². The summed E-state index contributed by atoms with van der Waals surface area (Å²) in [6.45, 7) is 1.84. The van der Waals surface area contributed by atoms with Crippen LogP contribution >= 0.6 is 0 Å². The van der Waals surface area contributed by atoms with Gasteiger partial charge < -0.3 is 10.0 Å². The molecule has 0 atom stereocenters. The summed E-state index contributed by atoms with van der Waals surface area (Å²) in [5, 5.41) is 19.1. The van der Waals surface area contributed by atoms with Gasteiger partial charge in [0.2, 0.25) is 0 Å². The van der Waals surface area contributed by atoms with Crippen molar-refractivity contribution in [3.8, 4) is 0 Å². The van der Waals surface area contributed by atoms with Crippen LogP contribution in [-0.4, -0.2) is 34.4 Å². The van der Waals surface area contributed by atoms with Crippen molar-refractivity contribution >= 4 is 22.6 Å². The average Bonchev–Trinajstić information content (AvgIpc) is 2.68. The molecule has 2 heterocycles. The van der Waals surface area contributed by atoms with Crippen LogP contribution in [0.4, 0.5) is 5.82 Å². The van der Waals surface area contributed by atoms with Crippen molar-refractivity contribution in [3.63, 3.8) is 0 Å². The number of aromatic carboxylic acids is 1. The lowest BCUT2D eigenvalue weighted by Gasteiger charge is -2.33. The molecule has 5 nitrogen and oxygen atoms in total. The molecule has 1 aliphatic rings. The van der Waals surface area contributed by atoms with Gasteiger partial charge in [-0.2, -0.15) is 0 Å². The van der Waals surface area contributed by atoms with Crippen LogP contribution < -0.4 is 4.90 Å². The Morgan fingerprint density at radius 3 is 2.31 bits per heavy atom. The van der Waals surface area contributed by atoms with Crippen molar-refractivity contribution in [2.75, 3.05) is 18.0 Å². The molecule has 1 aromatic heterocycles. The van der Waals surface area contributed by atoms with Crippen LogP contribution in [0.15, 0.2) is 54.6 Å². The van der Waals surface area contributed by atoms with E-state index in [0.717, 1.165) is 43.6 Å². The van der Waals surface area contributed by atoms with Gasteiger partial charge in [0.25, 0.3) is 0 Å². The fourth-order valence-electron chi connectivity index (χ4n) is 3.78. The third kappa shape index (κ3) is 3.25. The largest absolute Gasteiger partial charge is 0.476 e. The van der Waals surface area contributed by atoms with Gasteiger partial charge in [-0.05, 0) is 30.7 Å². The molecule has 4 rings (SSSR count). The van der Waals surface area contributed by atoms with E-state index < -0.39 is 5.97 Å². The Balaban J connectivity index is 1.53. The monoisotopic (exact) mass is 347 g/mol. The molecule has 1 N–H and O–H groups in total. The molecule has 5 heteroatoms. The van der Waals surface area contributed by atoms with Gasteiger partial charge in [0.05, 0.1) is 0 Å². The second kappa shape index (κ2) is 7.12. The first-order valence-corrected chi connectivity index (χ1v) is 9.00. The minimum absolute atomic E-state index is 0.0170. The summed E-state index contributed by atoms with van der Waals surface area (Å²) in [5.74, 6) is 0.428. The van der Waals surface area contributed by atoms with Crippen molar-refractivity contribution in [2.45, 2.75) is 19.3 Å². The number of fused-ring (bicyclic) bond motifs is 1. The van der Waals surface area contributed by atoms with Crippen LogP contribution in [0.25, 0.3) is 10.8 Å². The molecule has 0 unspecified atom stereocenters. The van der Waals surface area contributed by atoms with Gasteiger partial charge in [0, 0.05) is 23.9 Å². The Kier molecular flexibility index (Phi) is 4.52. The fourth-order valence-corrected chi connectivity index (χ4v) is 3.78. The van der Waals surface area contributed by atoms with Gasteiger partial charge in [-0.1, -0.05) is 54.6 Å². The molecule has 0 saturated carbocycles. The number of aromatic nitrogens is 2. The lowest BCUT2D eigenvalue weighted by atomic mass is 9.90. The highest BCUT2D eigenvalue weighted by molar-refractivity contribution is 6.04. The van der Waals surface area contributed by atoms with Crippen LogP contribution in [0, 0.1) is 5.92 Å². The predicted octanol–water partition coefficient (Wildman–Crippen LogP) is 3.79. The third-order valence-electron chi connectivity index (χ3n) is 5.15. The van der Waals surface area contributed by atoms with Crippen molar-refractivity contribution in [3.05, 3.63) is 65.9 Å². The highest BCUT2D eigenvalue weighted by Crippen LogP contribution is 2.30. The molecule has 0 amide bonds. The quantitative estimate of drug-likeness (QED) is 0.778. The Labute approximate surface area is 152 Å². The highest BCUT2D eigenvalue weighted by atomic mass is 16.4. The van der Waals surface area contributed by atoms with E-state index in [1.54, 1.807) is 6.07 Å². The zero-order chi connectivity index (χ0) is 17.9. The van der Waals surface area contributed by atoms with E-state index in [-0.39, 0.29) is 5.69 Å². The van der Waals surface area contributed by atoms with Crippen molar-refractivity contribution in [1.82, 2.24) is 10.2 Å². The number of carbonyl (C=O) groups is 1. The van der Waals surface area contributed by atoms with E-state index in [4.69, 9.17) is 0 Å². The maximum absolute atomic E-state index is 11.4. The Morgan fingerprint density at radius 1 is 0.962 bits per heavy atom. The van der Waals surface area contributed by atoms with Gasteiger partial charge in [0.1, 0.15) is 0 Å². The van der Waals surface area contributed by atoms with Crippen molar-refractivity contribution in [1.29, 1.82) is 0 Å². The SMILES string of the molecule is O=C(O)c1nnc(N2CCC(Cc3ccccc3)CC2)c2ccccc12. The van der Waals surface area contributed by atoms with E-state index >= 15 is 0 Å². The molecular weight excluding hydrogens is 326 g/mol. The first kappa shape index (κ1) is 16.5. The van der Waals surface area contributed by atoms with Crippen LogP contribution in [0.3, 0.4) is 0 Å². The summed E-state index contributed by atoms with van der Waals surface area (Å²) in [6, 6.07) is 18.1. The zero-order valence-corrected chi connectivity index (χ0v) is 14.5. The number of carboxylic acid groups (broad SMARTS) is 1. The zero-order valence-electron chi connectivity index (χ0n) is 14.5. The molecule has 0 aliphatic carbocycles. The number of nitrogens with zero attached hydrogens (tertiary/aromatic N) is 3. The first-order chi connectivity index (χ1) is 12.7. The molecule has 0 spiro atoms. The Morgan fingerprint density at radius 2 is 1.62 bits per heavy atom. The molecule has 26 heavy (non-hydrogen) atoms. The molecule has 1 aliphatic heterocycles. The normalized spacial score (nSPS) is 15.3. The lowest BCUT2D eigenvalue weighted by molar-refractivity contribution is 0.0691. The summed E-state index contributed by atoms with van der Waals surface area (Å²) in [5.41, 5.74) is 1.41. The van der Waals surface area contributed by atoms with E-state index in [1.807, 2.05) is 18.2 Å². The van der Waals surface area contributed by atoms with Crippen molar-refractivity contribution in [2.24, 2.45) is 5.92 Å². The number of hydrogen-bond acceptors (Lipinski definition) is 4. The highest BCUT2D eigenvalue weighted by Gasteiger charge is 2.23. The van der Waals surface area contributed by atoms with Crippen LogP contribution in [0.5, 0.6) is 0 Å². The summed E-state index contributed by atoms with van der Waals surface area (Å²) in [4.78, 5) is 13.6. The summed E-state index contributed by atoms with van der Waals surface area (Å²) < 4.78 is 0. The smallest absolute Gasteiger partial charge is 0.357 e. The molecule has 132 valence electrons. The van der Waals surface area contributed by atoms with Gasteiger partial charge in [-0.3, -0.25) is 0 Å². The summed E-state index contributed by atoms with van der Waals surface area (Å²) >= 11 is 0. The molecule has 3 aromatic rings. The Hall–Kier alpha value is -2.95. The molecular formula is C21H21N3O2. The third-order valence-corrected chi connectivity index (χ3v) is 5.15. The second-order valence-electron chi connectivity index (χ2n) is 6.84.